The molecule has 18 heavy (non-hydrogen) atoms. The largest absolute Gasteiger partial charge is 0.323 e. The highest BCUT2D eigenvalue weighted by molar-refractivity contribution is 6.30. The van der Waals surface area contributed by atoms with Crippen molar-refractivity contribution >= 4 is 11.6 Å². The number of hydrogen-bond acceptors (Lipinski definition) is 2. The van der Waals surface area contributed by atoms with E-state index in [2.05, 4.69) is 11.9 Å². The Morgan fingerprint density at radius 1 is 1.22 bits per heavy atom. The molecular weight excluding hydrogens is 244 g/mol. The monoisotopic (exact) mass is 260 g/mol. The molecular formula is C15H17ClN2. The molecule has 0 aliphatic rings. The number of aromatic nitrogens is 1. The van der Waals surface area contributed by atoms with Crippen LogP contribution in [-0.4, -0.2) is 4.98 Å². The van der Waals surface area contributed by atoms with Gasteiger partial charge in [-0.15, -0.1) is 0 Å². The van der Waals surface area contributed by atoms with E-state index in [1.807, 2.05) is 43.3 Å². The van der Waals surface area contributed by atoms with Gasteiger partial charge in [0, 0.05) is 28.9 Å². The molecule has 2 nitrogen and oxygen atoms in total. The summed E-state index contributed by atoms with van der Waals surface area (Å²) in [6, 6.07) is 11.7. The van der Waals surface area contributed by atoms with Crippen LogP contribution in [0, 0.1) is 6.92 Å². The first-order valence-electron chi connectivity index (χ1n) is 6.02. The summed E-state index contributed by atoms with van der Waals surface area (Å²) < 4.78 is 0. The van der Waals surface area contributed by atoms with Gasteiger partial charge in [0.2, 0.25) is 0 Å². The maximum atomic E-state index is 6.34. The third-order valence-corrected chi connectivity index (χ3v) is 3.52. The van der Waals surface area contributed by atoms with E-state index in [4.69, 9.17) is 17.3 Å². The van der Waals surface area contributed by atoms with Crippen LogP contribution in [0.25, 0.3) is 0 Å². The molecule has 2 aromatic rings. The van der Waals surface area contributed by atoms with Gasteiger partial charge in [0.15, 0.2) is 0 Å². The number of hydrogen-bond donors (Lipinski definition) is 1. The van der Waals surface area contributed by atoms with Crippen LogP contribution in [0.4, 0.5) is 0 Å². The molecule has 0 amide bonds. The van der Waals surface area contributed by atoms with Gasteiger partial charge in [-0.05, 0) is 42.3 Å². The lowest BCUT2D eigenvalue weighted by atomic mass is 9.90. The van der Waals surface area contributed by atoms with Crippen molar-refractivity contribution in [3.05, 3.63) is 64.4 Å². The lowest BCUT2D eigenvalue weighted by molar-refractivity contribution is 0.581. The number of pyridine rings is 1. The average molecular weight is 261 g/mol. The van der Waals surface area contributed by atoms with Crippen molar-refractivity contribution in [1.82, 2.24) is 4.98 Å². The van der Waals surface area contributed by atoms with Crippen LogP contribution >= 0.6 is 11.6 Å². The van der Waals surface area contributed by atoms with Crippen LogP contribution in [0.2, 0.25) is 5.02 Å². The van der Waals surface area contributed by atoms with Gasteiger partial charge >= 0.3 is 0 Å². The predicted molar refractivity (Wildman–Crippen MR) is 75.8 cm³/mol. The lowest BCUT2D eigenvalue weighted by Gasteiger charge is -2.21. The van der Waals surface area contributed by atoms with Gasteiger partial charge in [0.1, 0.15) is 0 Å². The van der Waals surface area contributed by atoms with Gasteiger partial charge in [0.05, 0.1) is 0 Å². The van der Waals surface area contributed by atoms with E-state index in [9.17, 15) is 0 Å². The third kappa shape index (κ3) is 2.71. The van der Waals surface area contributed by atoms with Crippen LogP contribution in [0.5, 0.6) is 0 Å². The molecule has 1 aromatic carbocycles. The van der Waals surface area contributed by atoms with Crippen molar-refractivity contribution < 1.29 is 0 Å². The summed E-state index contributed by atoms with van der Waals surface area (Å²) in [7, 11) is 0. The van der Waals surface area contributed by atoms with E-state index in [-0.39, 0.29) is 12.0 Å². The van der Waals surface area contributed by atoms with Crippen molar-refractivity contribution in [2.75, 3.05) is 0 Å². The first kappa shape index (κ1) is 13.1. The molecule has 0 spiro atoms. The molecule has 94 valence electrons. The highest BCUT2D eigenvalue weighted by Crippen LogP contribution is 2.30. The highest BCUT2D eigenvalue weighted by atomic mass is 35.5. The second-order valence-corrected chi connectivity index (χ2v) is 5.01. The Balaban J connectivity index is 2.28. The highest BCUT2D eigenvalue weighted by Gasteiger charge is 2.19. The SMILES string of the molecule is Cc1cc(Cl)ccc1C(N)C(C)c1ccccn1. The van der Waals surface area contributed by atoms with Crippen molar-refractivity contribution in [1.29, 1.82) is 0 Å². The molecule has 0 radical (unpaired) electrons. The normalized spacial score (nSPS) is 14.2. The summed E-state index contributed by atoms with van der Waals surface area (Å²) in [4.78, 5) is 4.37. The first-order valence-corrected chi connectivity index (χ1v) is 6.40. The summed E-state index contributed by atoms with van der Waals surface area (Å²) in [5, 5.41) is 0.744. The van der Waals surface area contributed by atoms with Gasteiger partial charge in [-0.3, -0.25) is 4.98 Å². The van der Waals surface area contributed by atoms with Crippen molar-refractivity contribution in [2.24, 2.45) is 5.73 Å². The molecule has 0 saturated carbocycles. The zero-order valence-corrected chi connectivity index (χ0v) is 11.4. The van der Waals surface area contributed by atoms with Gasteiger partial charge in [0.25, 0.3) is 0 Å². The molecule has 0 saturated heterocycles. The Morgan fingerprint density at radius 2 is 2.00 bits per heavy atom. The summed E-state index contributed by atoms with van der Waals surface area (Å²) in [6.07, 6.45) is 1.80. The molecule has 0 aliphatic carbocycles. The quantitative estimate of drug-likeness (QED) is 0.911. The maximum Gasteiger partial charge on any atom is 0.0450 e. The van der Waals surface area contributed by atoms with Crippen LogP contribution in [0.15, 0.2) is 42.6 Å². The summed E-state index contributed by atoms with van der Waals surface area (Å²) in [5.74, 6) is 0.172. The zero-order valence-electron chi connectivity index (χ0n) is 10.6. The Morgan fingerprint density at radius 3 is 2.61 bits per heavy atom. The van der Waals surface area contributed by atoms with E-state index >= 15 is 0 Å². The Kier molecular flexibility index (Phi) is 4.00. The minimum atomic E-state index is -0.0721. The smallest absolute Gasteiger partial charge is 0.0450 e. The van der Waals surface area contributed by atoms with Crippen molar-refractivity contribution in [3.8, 4) is 0 Å². The molecule has 2 rings (SSSR count). The molecule has 1 heterocycles. The van der Waals surface area contributed by atoms with Gasteiger partial charge < -0.3 is 5.73 Å². The number of halogens is 1. The van der Waals surface area contributed by atoms with Crippen LogP contribution in [0.3, 0.4) is 0 Å². The van der Waals surface area contributed by atoms with Gasteiger partial charge in [-0.25, -0.2) is 0 Å². The zero-order chi connectivity index (χ0) is 13.1. The molecule has 2 N–H and O–H groups in total. The minimum Gasteiger partial charge on any atom is -0.323 e. The van der Waals surface area contributed by atoms with E-state index in [0.717, 1.165) is 21.8 Å². The Labute approximate surface area is 113 Å². The fraction of sp³-hybridized carbons (Fsp3) is 0.267. The van der Waals surface area contributed by atoms with Crippen LogP contribution < -0.4 is 5.73 Å². The first-order chi connectivity index (χ1) is 8.59. The fourth-order valence-corrected chi connectivity index (χ4v) is 2.34. The van der Waals surface area contributed by atoms with Crippen molar-refractivity contribution in [3.63, 3.8) is 0 Å². The van der Waals surface area contributed by atoms with E-state index < -0.39 is 0 Å². The number of aryl methyl sites for hydroxylation is 1. The number of benzene rings is 1. The van der Waals surface area contributed by atoms with Gasteiger partial charge in [-0.2, -0.15) is 0 Å². The van der Waals surface area contributed by atoms with E-state index in [0.29, 0.717) is 0 Å². The number of rotatable bonds is 3. The van der Waals surface area contributed by atoms with E-state index in [1.165, 1.54) is 0 Å². The van der Waals surface area contributed by atoms with E-state index in [1.54, 1.807) is 6.20 Å². The molecule has 0 bridgehead atoms. The predicted octanol–water partition coefficient (Wildman–Crippen LogP) is 3.85. The number of nitrogens with zero attached hydrogens (tertiary/aromatic N) is 1. The molecule has 3 heteroatoms. The molecule has 0 aliphatic heterocycles. The van der Waals surface area contributed by atoms with Crippen molar-refractivity contribution in [2.45, 2.75) is 25.8 Å². The average Bonchev–Trinajstić information content (AvgIpc) is 2.38. The Hall–Kier alpha value is -1.38. The second-order valence-electron chi connectivity index (χ2n) is 4.57. The molecule has 2 atom stereocenters. The number of nitrogens with two attached hydrogens (primary N) is 1. The third-order valence-electron chi connectivity index (χ3n) is 3.28. The van der Waals surface area contributed by atoms with Crippen LogP contribution in [-0.2, 0) is 0 Å². The molecule has 2 unspecified atom stereocenters. The topological polar surface area (TPSA) is 38.9 Å². The summed E-state index contributed by atoms with van der Waals surface area (Å²) in [5.41, 5.74) is 9.60. The van der Waals surface area contributed by atoms with Gasteiger partial charge in [-0.1, -0.05) is 30.7 Å². The molecule has 1 aromatic heterocycles. The summed E-state index contributed by atoms with van der Waals surface area (Å²) >= 11 is 5.97. The fourth-order valence-electron chi connectivity index (χ4n) is 2.11. The van der Waals surface area contributed by atoms with Crippen LogP contribution in [0.1, 0.15) is 35.7 Å². The lowest BCUT2D eigenvalue weighted by Crippen LogP contribution is -2.19. The minimum absolute atomic E-state index is 0.0721. The Bertz CT molecular complexity index is 525. The second kappa shape index (κ2) is 5.51. The molecule has 0 fully saturated rings. The standard InChI is InChI=1S/C15H17ClN2/c1-10-9-12(16)6-7-13(10)15(17)11(2)14-5-3-4-8-18-14/h3-9,11,15H,17H2,1-2H3. The maximum absolute atomic E-state index is 6.34. The summed E-state index contributed by atoms with van der Waals surface area (Å²) in [6.45, 7) is 4.13.